The van der Waals surface area contributed by atoms with Gasteiger partial charge < -0.3 is 20.7 Å². The monoisotopic (exact) mass is 414 g/mol. The summed E-state index contributed by atoms with van der Waals surface area (Å²) in [7, 11) is 0. The number of carbonyl (C=O) groups is 1. The van der Waals surface area contributed by atoms with E-state index in [0.717, 1.165) is 12.8 Å². The van der Waals surface area contributed by atoms with Crippen LogP contribution in [0.3, 0.4) is 0 Å². The smallest absolute Gasteiger partial charge is 0.410 e. The van der Waals surface area contributed by atoms with Crippen molar-refractivity contribution in [3.8, 4) is 0 Å². The van der Waals surface area contributed by atoms with Crippen molar-refractivity contribution < 1.29 is 9.53 Å². The van der Waals surface area contributed by atoms with Crippen LogP contribution in [-0.2, 0) is 4.74 Å². The third-order valence-corrected chi connectivity index (χ3v) is 2.34. The first-order valence-corrected chi connectivity index (χ1v) is 7.31. The van der Waals surface area contributed by atoms with Crippen molar-refractivity contribution in [3.63, 3.8) is 0 Å². The Labute approximate surface area is 145 Å². The summed E-state index contributed by atoms with van der Waals surface area (Å²) in [5.41, 5.74) is 5.23. The zero-order valence-corrected chi connectivity index (χ0v) is 16.3. The highest BCUT2D eigenvalue weighted by molar-refractivity contribution is 14.0. The van der Waals surface area contributed by atoms with Crippen LogP contribution < -0.4 is 11.1 Å². The summed E-state index contributed by atoms with van der Waals surface area (Å²) >= 11 is 0. The van der Waals surface area contributed by atoms with E-state index in [2.05, 4.69) is 10.3 Å². The molecule has 0 spiro atoms. The van der Waals surface area contributed by atoms with Gasteiger partial charge in [0, 0.05) is 26.2 Å². The van der Waals surface area contributed by atoms with Crippen molar-refractivity contribution >= 4 is 36.0 Å². The van der Waals surface area contributed by atoms with Crippen LogP contribution in [0.4, 0.5) is 4.79 Å². The number of rotatable bonds is 7. The number of nitrogens with zero attached hydrogens (tertiary/aromatic N) is 2. The average molecular weight is 414 g/mol. The molecule has 21 heavy (non-hydrogen) atoms. The maximum absolute atomic E-state index is 12.0. The van der Waals surface area contributed by atoms with Gasteiger partial charge in [-0.05, 0) is 33.6 Å². The van der Waals surface area contributed by atoms with Gasteiger partial charge in [-0.1, -0.05) is 13.8 Å². The summed E-state index contributed by atoms with van der Waals surface area (Å²) < 4.78 is 5.37. The molecule has 0 aliphatic rings. The minimum absolute atomic E-state index is 0. The highest BCUT2D eigenvalue weighted by Gasteiger charge is 2.21. The molecule has 7 heteroatoms. The fraction of sp³-hybridized carbons (Fsp3) is 0.857. The molecular formula is C14H31IN4O2. The molecule has 0 aromatic rings. The van der Waals surface area contributed by atoms with E-state index in [1.54, 1.807) is 4.90 Å². The number of halogens is 1. The molecule has 0 fully saturated rings. The lowest BCUT2D eigenvalue weighted by Gasteiger charge is -2.27. The van der Waals surface area contributed by atoms with E-state index in [9.17, 15) is 4.79 Å². The number of guanidine groups is 1. The zero-order valence-electron chi connectivity index (χ0n) is 13.9. The summed E-state index contributed by atoms with van der Waals surface area (Å²) in [5.74, 6) is 0.424. The molecule has 126 valence electrons. The number of carbonyl (C=O) groups excluding carboxylic acids is 1. The number of nitrogens with one attached hydrogen (secondary N) is 1. The molecule has 0 radical (unpaired) electrons. The highest BCUT2D eigenvalue weighted by Crippen LogP contribution is 2.09. The maximum Gasteiger partial charge on any atom is 0.410 e. The predicted molar refractivity (Wildman–Crippen MR) is 98.3 cm³/mol. The Morgan fingerprint density at radius 1 is 1.24 bits per heavy atom. The molecule has 0 atom stereocenters. The van der Waals surface area contributed by atoms with Crippen LogP contribution in [0.5, 0.6) is 0 Å². The van der Waals surface area contributed by atoms with E-state index in [1.165, 1.54) is 0 Å². The van der Waals surface area contributed by atoms with Crippen LogP contribution in [-0.4, -0.2) is 48.7 Å². The van der Waals surface area contributed by atoms with Gasteiger partial charge in [0.05, 0.1) is 0 Å². The second-order valence-electron chi connectivity index (χ2n) is 5.66. The molecule has 6 nitrogen and oxygen atoms in total. The first-order valence-electron chi connectivity index (χ1n) is 7.31. The van der Waals surface area contributed by atoms with E-state index >= 15 is 0 Å². The van der Waals surface area contributed by atoms with Crippen molar-refractivity contribution in [2.24, 2.45) is 10.7 Å². The molecule has 0 aromatic heterocycles. The molecule has 3 N–H and O–H groups in total. The highest BCUT2D eigenvalue weighted by atomic mass is 127. The van der Waals surface area contributed by atoms with Crippen molar-refractivity contribution in [1.82, 2.24) is 10.2 Å². The van der Waals surface area contributed by atoms with Crippen LogP contribution in [0, 0.1) is 0 Å². The van der Waals surface area contributed by atoms with Crippen molar-refractivity contribution in [2.45, 2.75) is 53.1 Å². The molecule has 0 aliphatic carbocycles. The van der Waals surface area contributed by atoms with Gasteiger partial charge in [0.15, 0.2) is 5.96 Å². The lowest BCUT2D eigenvalue weighted by molar-refractivity contribution is 0.0253. The van der Waals surface area contributed by atoms with E-state index < -0.39 is 5.60 Å². The molecule has 0 aliphatic heterocycles. The minimum atomic E-state index is -0.474. The first kappa shape index (κ1) is 22.5. The quantitative estimate of drug-likeness (QED) is 0.381. The van der Waals surface area contributed by atoms with Gasteiger partial charge in [0.1, 0.15) is 5.60 Å². The van der Waals surface area contributed by atoms with E-state index in [1.807, 2.05) is 34.6 Å². The summed E-state index contributed by atoms with van der Waals surface area (Å²) in [6.45, 7) is 12.2. The number of amides is 1. The second kappa shape index (κ2) is 11.9. The van der Waals surface area contributed by atoms with Crippen LogP contribution in [0.1, 0.15) is 47.5 Å². The standard InChI is InChI=1S/C14H30N4O2.HI/c1-6-8-16-12(15)17-9-11-18(10-7-2)13(19)20-14(3,4)5;/h6-11H2,1-5H3,(H3,15,16,17);1H. The van der Waals surface area contributed by atoms with Crippen molar-refractivity contribution in [1.29, 1.82) is 0 Å². The molecule has 0 unspecified atom stereocenters. The molecule has 0 aromatic carbocycles. The fourth-order valence-corrected chi connectivity index (χ4v) is 1.50. The lowest BCUT2D eigenvalue weighted by atomic mass is 10.2. The molecule has 0 bridgehead atoms. The minimum Gasteiger partial charge on any atom is -0.444 e. The Bertz CT molecular complexity index is 317. The van der Waals surface area contributed by atoms with Crippen molar-refractivity contribution in [3.05, 3.63) is 0 Å². The molecular weight excluding hydrogens is 383 g/mol. The summed E-state index contributed by atoms with van der Waals surface area (Å²) in [4.78, 5) is 17.8. The van der Waals surface area contributed by atoms with Gasteiger partial charge in [-0.3, -0.25) is 4.99 Å². The third-order valence-electron chi connectivity index (χ3n) is 2.34. The van der Waals surface area contributed by atoms with Crippen LogP contribution in [0.25, 0.3) is 0 Å². The van der Waals surface area contributed by atoms with Crippen LogP contribution in [0.15, 0.2) is 4.99 Å². The average Bonchev–Trinajstić information content (AvgIpc) is 2.33. The van der Waals surface area contributed by atoms with Crippen LogP contribution in [0.2, 0.25) is 0 Å². The Morgan fingerprint density at radius 2 is 1.86 bits per heavy atom. The maximum atomic E-state index is 12.0. The topological polar surface area (TPSA) is 80.0 Å². The Kier molecular flexibility index (Phi) is 12.8. The Balaban J connectivity index is 0. The number of hydrogen-bond acceptors (Lipinski definition) is 3. The zero-order chi connectivity index (χ0) is 15.6. The lowest BCUT2D eigenvalue weighted by Crippen LogP contribution is -2.43. The molecule has 0 heterocycles. The van der Waals surface area contributed by atoms with Gasteiger partial charge in [-0.2, -0.15) is 0 Å². The largest absolute Gasteiger partial charge is 0.444 e. The van der Waals surface area contributed by atoms with Gasteiger partial charge in [0.2, 0.25) is 0 Å². The third kappa shape index (κ3) is 12.7. The fourth-order valence-electron chi connectivity index (χ4n) is 1.50. The van der Waals surface area contributed by atoms with E-state index in [4.69, 9.17) is 10.5 Å². The van der Waals surface area contributed by atoms with Gasteiger partial charge in [-0.25, -0.2) is 4.79 Å². The molecule has 0 saturated carbocycles. The first-order chi connectivity index (χ1) is 9.30. The summed E-state index contributed by atoms with van der Waals surface area (Å²) in [6.07, 6.45) is 1.56. The Hall–Kier alpha value is -0.730. The SMILES string of the molecule is CCCN=C(N)NCCN(CCC)C(=O)OC(C)(C)C.I. The molecule has 0 saturated heterocycles. The van der Waals surface area contributed by atoms with Gasteiger partial charge in [-0.15, -0.1) is 24.0 Å². The summed E-state index contributed by atoms with van der Waals surface area (Å²) in [5, 5.41) is 3.00. The van der Waals surface area contributed by atoms with Crippen molar-refractivity contribution in [2.75, 3.05) is 26.2 Å². The number of hydrogen-bond donors (Lipinski definition) is 2. The number of nitrogens with two attached hydrogens (primary N) is 1. The predicted octanol–water partition coefficient (Wildman–Crippen LogP) is 2.57. The number of aliphatic imine (C=N–C) groups is 1. The van der Waals surface area contributed by atoms with Crippen LogP contribution >= 0.6 is 24.0 Å². The molecule has 0 rings (SSSR count). The summed E-state index contributed by atoms with van der Waals surface area (Å²) in [6, 6.07) is 0. The van der Waals surface area contributed by atoms with E-state index in [-0.39, 0.29) is 30.1 Å². The van der Waals surface area contributed by atoms with Gasteiger partial charge in [0.25, 0.3) is 0 Å². The van der Waals surface area contributed by atoms with Gasteiger partial charge >= 0.3 is 6.09 Å². The molecule has 1 amide bonds. The van der Waals surface area contributed by atoms with E-state index in [0.29, 0.717) is 32.1 Å². The number of ether oxygens (including phenoxy) is 1. The normalized spacial score (nSPS) is 11.6. The second-order valence-corrected chi connectivity index (χ2v) is 5.66. The Morgan fingerprint density at radius 3 is 2.33 bits per heavy atom.